The Morgan fingerprint density at radius 3 is 2.88 bits per heavy atom. The summed E-state index contributed by atoms with van der Waals surface area (Å²) >= 11 is 0. The van der Waals surface area contributed by atoms with Gasteiger partial charge in [-0.1, -0.05) is 37.3 Å². The lowest BCUT2D eigenvalue weighted by molar-refractivity contribution is 0.979. The van der Waals surface area contributed by atoms with Crippen LogP contribution in [0.2, 0.25) is 0 Å². The fraction of sp³-hybridized carbons (Fsp3) is 0.250. The van der Waals surface area contributed by atoms with Crippen molar-refractivity contribution < 1.29 is 0 Å². The minimum atomic E-state index is 1.02. The molecule has 2 aromatic rings. The molecule has 0 fully saturated rings. The first-order valence-electron chi connectivity index (χ1n) is 6.26. The molecule has 0 saturated heterocycles. The van der Waals surface area contributed by atoms with Gasteiger partial charge in [-0.3, -0.25) is 0 Å². The lowest BCUT2D eigenvalue weighted by atomic mass is 10.1. The molecule has 85 valence electrons. The number of fused-ring (bicyclic) bond motifs is 3. The van der Waals surface area contributed by atoms with Crippen molar-refractivity contribution >= 4 is 5.69 Å². The number of nitrogens with one attached hydrogen (secondary N) is 1. The first-order chi connectivity index (χ1) is 8.38. The van der Waals surface area contributed by atoms with Gasteiger partial charge in [-0.2, -0.15) is 0 Å². The Bertz CT molecular complexity index is 543. The van der Waals surface area contributed by atoms with E-state index in [1.807, 2.05) is 0 Å². The molecule has 1 aliphatic carbocycles. The van der Waals surface area contributed by atoms with E-state index in [2.05, 4.69) is 54.7 Å². The number of benzene rings is 2. The highest BCUT2D eigenvalue weighted by atomic mass is 14.9. The van der Waals surface area contributed by atoms with Gasteiger partial charge in [-0.15, -0.1) is 0 Å². The summed E-state index contributed by atoms with van der Waals surface area (Å²) in [6.45, 7) is 3.19. The fourth-order valence-corrected chi connectivity index (χ4v) is 2.42. The predicted octanol–water partition coefficient (Wildman–Crippen LogP) is 3.88. The van der Waals surface area contributed by atoms with Crippen LogP contribution in [0.4, 0.5) is 5.69 Å². The second-order valence-electron chi connectivity index (χ2n) is 4.52. The molecule has 1 N–H and O–H groups in total. The third-order valence-corrected chi connectivity index (χ3v) is 3.27. The van der Waals surface area contributed by atoms with Gasteiger partial charge in [0.25, 0.3) is 0 Å². The minimum absolute atomic E-state index is 1.02. The van der Waals surface area contributed by atoms with Gasteiger partial charge in [0, 0.05) is 18.3 Å². The standard InChI is InChI=1S/C16H16N/c1-2-9-17-14-7-8-16-13(11-14)10-12-5-3-4-6-15(12)16/h3-8,17H,2,9-10H2,1H3. The summed E-state index contributed by atoms with van der Waals surface area (Å²) in [6, 6.07) is 16.5. The van der Waals surface area contributed by atoms with Gasteiger partial charge in [0.05, 0.1) is 0 Å². The zero-order valence-electron chi connectivity index (χ0n) is 10.1. The van der Waals surface area contributed by atoms with Crippen LogP contribution < -0.4 is 5.32 Å². The Morgan fingerprint density at radius 1 is 1.12 bits per heavy atom. The average Bonchev–Trinajstić information content (AvgIpc) is 2.74. The first-order valence-corrected chi connectivity index (χ1v) is 6.26. The van der Waals surface area contributed by atoms with Gasteiger partial charge >= 0.3 is 0 Å². The normalized spacial score (nSPS) is 12.1. The molecule has 0 bridgehead atoms. The quantitative estimate of drug-likeness (QED) is 0.709. The molecule has 1 radical (unpaired) electrons. The lowest BCUT2D eigenvalue weighted by Crippen LogP contribution is -2.00. The molecule has 1 heteroatoms. The Balaban J connectivity index is 1.95. The maximum Gasteiger partial charge on any atom is 0.0424 e. The Labute approximate surface area is 102 Å². The Hall–Kier alpha value is -1.76. The molecule has 0 unspecified atom stereocenters. The molecule has 17 heavy (non-hydrogen) atoms. The molecule has 3 rings (SSSR count). The zero-order chi connectivity index (χ0) is 11.7. The van der Waals surface area contributed by atoms with Crippen LogP contribution in [0.25, 0.3) is 11.1 Å². The molecule has 0 atom stereocenters. The van der Waals surface area contributed by atoms with Gasteiger partial charge in [-0.05, 0) is 41.2 Å². The third-order valence-electron chi connectivity index (χ3n) is 3.27. The highest BCUT2D eigenvalue weighted by Gasteiger charge is 2.17. The van der Waals surface area contributed by atoms with E-state index >= 15 is 0 Å². The number of hydrogen-bond acceptors (Lipinski definition) is 1. The second kappa shape index (κ2) is 4.25. The molecule has 0 amide bonds. The molecular weight excluding hydrogens is 206 g/mol. The maximum atomic E-state index is 3.50. The van der Waals surface area contributed by atoms with Crippen LogP contribution in [0.3, 0.4) is 0 Å². The van der Waals surface area contributed by atoms with Gasteiger partial charge in [0.2, 0.25) is 0 Å². The van der Waals surface area contributed by atoms with Crippen molar-refractivity contribution in [1.29, 1.82) is 0 Å². The van der Waals surface area contributed by atoms with Crippen LogP contribution in [0.15, 0.2) is 36.4 Å². The summed E-state index contributed by atoms with van der Waals surface area (Å²) in [4.78, 5) is 0. The SMILES string of the molecule is CCCNc1[c]c2c(cc1)-c1ccccc1C2. The summed E-state index contributed by atoms with van der Waals surface area (Å²) < 4.78 is 0. The average molecular weight is 222 g/mol. The molecular formula is C16H16N. The maximum absolute atomic E-state index is 3.50. The van der Waals surface area contributed by atoms with Gasteiger partial charge in [0.15, 0.2) is 0 Å². The van der Waals surface area contributed by atoms with E-state index in [-0.39, 0.29) is 0 Å². The fourth-order valence-electron chi connectivity index (χ4n) is 2.42. The number of anilines is 1. The van der Waals surface area contributed by atoms with Crippen molar-refractivity contribution in [2.75, 3.05) is 11.9 Å². The van der Waals surface area contributed by atoms with Crippen molar-refractivity contribution in [3.63, 3.8) is 0 Å². The van der Waals surface area contributed by atoms with Crippen molar-refractivity contribution in [2.45, 2.75) is 19.8 Å². The van der Waals surface area contributed by atoms with Crippen molar-refractivity contribution in [1.82, 2.24) is 0 Å². The van der Waals surface area contributed by atoms with Crippen LogP contribution in [0.5, 0.6) is 0 Å². The smallest absolute Gasteiger partial charge is 0.0424 e. The highest BCUT2D eigenvalue weighted by molar-refractivity contribution is 5.78. The highest BCUT2D eigenvalue weighted by Crippen LogP contribution is 2.37. The molecule has 2 aromatic carbocycles. The van der Waals surface area contributed by atoms with Crippen LogP contribution in [0.1, 0.15) is 24.5 Å². The van der Waals surface area contributed by atoms with E-state index in [0.717, 1.165) is 25.1 Å². The van der Waals surface area contributed by atoms with Crippen molar-refractivity contribution in [2.24, 2.45) is 0 Å². The third kappa shape index (κ3) is 1.82. The summed E-state index contributed by atoms with van der Waals surface area (Å²) in [5, 5.41) is 3.40. The predicted molar refractivity (Wildman–Crippen MR) is 72.3 cm³/mol. The monoisotopic (exact) mass is 222 g/mol. The van der Waals surface area contributed by atoms with Crippen LogP contribution >= 0.6 is 0 Å². The van der Waals surface area contributed by atoms with Gasteiger partial charge < -0.3 is 5.32 Å². The van der Waals surface area contributed by atoms with E-state index < -0.39 is 0 Å². The molecule has 0 heterocycles. The Morgan fingerprint density at radius 2 is 2.00 bits per heavy atom. The van der Waals surface area contributed by atoms with Crippen LogP contribution in [-0.4, -0.2) is 6.54 Å². The molecule has 1 nitrogen and oxygen atoms in total. The topological polar surface area (TPSA) is 12.0 Å². The van der Waals surface area contributed by atoms with Crippen molar-refractivity contribution in [3.05, 3.63) is 53.6 Å². The second-order valence-corrected chi connectivity index (χ2v) is 4.52. The van der Waals surface area contributed by atoms with E-state index in [4.69, 9.17) is 0 Å². The van der Waals surface area contributed by atoms with E-state index in [9.17, 15) is 0 Å². The van der Waals surface area contributed by atoms with Crippen LogP contribution in [-0.2, 0) is 6.42 Å². The molecule has 0 aliphatic heterocycles. The summed E-state index contributed by atoms with van der Waals surface area (Å²) in [5.41, 5.74) is 6.60. The summed E-state index contributed by atoms with van der Waals surface area (Å²) in [5.74, 6) is 0. The van der Waals surface area contributed by atoms with Crippen molar-refractivity contribution in [3.8, 4) is 11.1 Å². The first kappa shape index (κ1) is 10.4. The summed E-state index contributed by atoms with van der Waals surface area (Å²) in [7, 11) is 0. The molecule has 1 aliphatic rings. The molecule has 0 spiro atoms. The number of rotatable bonds is 3. The molecule has 0 saturated carbocycles. The van der Waals surface area contributed by atoms with E-state index in [1.54, 1.807) is 0 Å². The summed E-state index contributed by atoms with van der Waals surface area (Å²) in [6.07, 6.45) is 2.16. The van der Waals surface area contributed by atoms with Crippen LogP contribution in [0, 0.1) is 6.07 Å². The molecule has 0 aromatic heterocycles. The van der Waals surface area contributed by atoms with E-state index in [0.29, 0.717) is 0 Å². The Kier molecular flexibility index (Phi) is 2.60. The minimum Gasteiger partial charge on any atom is -0.385 e. The van der Waals surface area contributed by atoms with Gasteiger partial charge in [0.1, 0.15) is 0 Å². The largest absolute Gasteiger partial charge is 0.385 e. The lowest BCUT2D eigenvalue weighted by Gasteiger charge is -2.06. The van der Waals surface area contributed by atoms with E-state index in [1.165, 1.54) is 22.3 Å². The number of hydrogen-bond donors (Lipinski definition) is 1. The van der Waals surface area contributed by atoms with Gasteiger partial charge in [-0.25, -0.2) is 0 Å². The zero-order valence-corrected chi connectivity index (χ0v) is 10.1.